The van der Waals surface area contributed by atoms with Gasteiger partial charge in [-0.15, -0.1) is 0 Å². The minimum Gasteiger partial charge on any atom is -0.496 e. The summed E-state index contributed by atoms with van der Waals surface area (Å²) in [5.41, 5.74) is 0.527. The molecule has 0 atom stereocenters. The highest BCUT2D eigenvalue weighted by Crippen LogP contribution is 2.15. The minimum atomic E-state index is -0.152. The first-order chi connectivity index (χ1) is 5.79. The molecule has 0 unspecified atom stereocenters. The monoisotopic (exact) mass is 164 g/mol. The highest BCUT2D eigenvalue weighted by Gasteiger charge is 2.08. The summed E-state index contributed by atoms with van der Waals surface area (Å²) < 4.78 is 4.98. The third-order valence-corrected chi connectivity index (χ3v) is 1.52. The maximum atomic E-state index is 11.2. The molecule has 0 heterocycles. The molecule has 0 saturated carbocycles. The highest BCUT2D eigenvalue weighted by atomic mass is 16.5. The van der Waals surface area contributed by atoms with Crippen molar-refractivity contribution < 1.29 is 9.53 Å². The lowest BCUT2D eigenvalue weighted by atomic mass is 10.2. The van der Waals surface area contributed by atoms with Crippen LogP contribution >= 0.6 is 0 Å². The molecule has 1 aromatic carbocycles. The Balaban J connectivity index is 3.04. The number of ether oxygens (including phenoxy) is 1. The van der Waals surface area contributed by atoms with Crippen molar-refractivity contribution in [2.75, 3.05) is 14.2 Å². The van der Waals surface area contributed by atoms with Crippen molar-refractivity contribution in [2.24, 2.45) is 0 Å². The van der Waals surface area contributed by atoms with E-state index in [0.29, 0.717) is 11.3 Å². The smallest absolute Gasteiger partial charge is 0.254 e. The number of amides is 1. The molecule has 1 amide bonds. The average Bonchev–Trinajstić information content (AvgIpc) is 2.16. The normalized spacial score (nSPS) is 9.17. The number of carbonyl (C=O) groups excluding carboxylic acids is 1. The molecule has 0 spiro atoms. The molecule has 0 aliphatic carbocycles. The van der Waals surface area contributed by atoms with Gasteiger partial charge in [0, 0.05) is 7.05 Å². The second kappa shape index (κ2) is 3.76. The average molecular weight is 164 g/mol. The topological polar surface area (TPSA) is 38.3 Å². The van der Waals surface area contributed by atoms with Gasteiger partial charge < -0.3 is 10.1 Å². The van der Waals surface area contributed by atoms with Crippen LogP contribution in [-0.2, 0) is 0 Å². The molecule has 0 aliphatic rings. The first-order valence-electron chi connectivity index (χ1n) is 3.55. The van der Waals surface area contributed by atoms with Crippen LogP contribution in [0.2, 0.25) is 0 Å². The lowest BCUT2D eigenvalue weighted by Gasteiger charge is -2.05. The van der Waals surface area contributed by atoms with Gasteiger partial charge in [-0.25, -0.2) is 0 Å². The van der Waals surface area contributed by atoms with Gasteiger partial charge in [-0.1, -0.05) is 6.07 Å². The molecule has 1 aromatic rings. The lowest BCUT2D eigenvalue weighted by molar-refractivity contribution is 0.0960. The number of hydrogen-bond acceptors (Lipinski definition) is 2. The Morgan fingerprint density at radius 1 is 1.67 bits per heavy atom. The molecular formula is C9H10NO2. The molecule has 3 nitrogen and oxygen atoms in total. The Labute approximate surface area is 71.4 Å². The first kappa shape index (κ1) is 8.59. The van der Waals surface area contributed by atoms with E-state index in [1.54, 1.807) is 25.2 Å². The van der Waals surface area contributed by atoms with E-state index >= 15 is 0 Å². The fraction of sp³-hybridized carbons (Fsp3) is 0.222. The van der Waals surface area contributed by atoms with E-state index in [1.165, 1.54) is 7.11 Å². The van der Waals surface area contributed by atoms with Gasteiger partial charge in [0.1, 0.15) is 5.75 Å². The summed E-state index contributed by atoms with van der Waals surface area (Å²) in [5, 5.41) is 2.52. The van der Waals surface area contributed by atoms with Gasteiger partial charge in [0.25, 0.3) is 5.91 Å². The summed E-state index contributed by atoms with van der Waals surface area (Å²) in [4.78, 5) is 11.2. The second-order valence-electron chi connectivity index (χ2n) is 2.21. The number of benzene rings is 1. The van der Waals surface area contributed by atoms with Crippen molar-refractivity contribution in [2.45, 2.75) is 0 Å². The van der Waals surface area contributed by atoms with E-state index in [9.17, 15) is 4.79 Å². The molecule has 0 aliphatic heterocycles. The largest absolute Gasteiger partial charge is 0.496 e. The van der Waals surface area contributed by atoms with Crippen LogP contribution in [-0.4, -0.2) is 20.1 Å². The molecule has 0 aromatic heterocycles. The number of carbonyl (C=O) groups is 1. The Bertz CT molecular complexity index is 284. The van der Waals surface area contributed by atoms with Crippen LogP contribution in [0.3, 0.4) is 0 Å². The zero-order valence-electron chi connectivity index (χ0n) is 7.05. The van der Waals surface area contributed by atoms with E-state index in [1.807, 2.05) is 0 Å². The van der Waals surface area contributed by atoms with Crippen LogP contribution in [0.4, 0.5) is 0 Å². The molecule has 1 radical (unpaired) electrons. The van der Waals surface area contributed by atoms with E-state index in [0.717, 1.165) is 0 Å². The Hall–Kier alpha value is -1.51. The zero-order chi connectivity index (χ0) is 8.97. The van der Waals surface area contributed by atoms with E-state index in [2.05, 4.69) is 11.4 Å². The van der Waals surface area contributed by atoms with Gasteiger partial charge >= 0.3 is 0 Å². The quantitative estimate of drug-likeness (QED) is 0.703. The molecule has 63 valence electrons. The second-order valence-corrected chi connectivity index (χ2v) is 2.21. The number of rotatable bonds is 2. The van der Waals surface area contributed by atoms with Crippen molar-refractivity contribution >= 4 is 5.91 Å². The summed E-state index contributed by atoms with van der Waals surface area (Å²) in [6, 6.07) is 7.79. The van der Waals surface area contributed by atoms with Crippen molar-refractivity contribution in [1.29, 1.82) is 0 Å². The van der Waals surface area contributed by atoms with Gasteiger partial charge in [-0.2, -0.15) is 0 Å². The standard InChI is InChI=1S/C9H10NO2/c1-10-9(11)7-5-3-4-6-8(7)12-2/h3,5-6H,1-2H3,(H,10,11). The number of hydrogen-bond donors (Lipinski definition) is 1. The van der Waals surface area contributed by atoms with Crippen LogP contribution in [0.5, 0.6) is 5.75 Å². The number of methoxy groups -OCH3 is 1. The molecule has 0 saturated heterocycles. The minimum absolute atomic E-state index is 0.152. The van der Waals surface area contributed by atoms with Crippen LogP contribution in [0.25, 0.3) is 0 Å². The van der Waals surface area contributed by atoms with Gasteiger partial charge in [0.15, 0.2) is 0 Å². The van der Waals surface area contributed by atoms with Crippen LogP contribution in [0.1, 0.15) is 10.4 Å². The molecule has 12 heavy (non-hydrogen) atoms. The van der Waals surface area contributed by atoms with E-state index in [4.69, 9.17) is 4.74 Å². The van der Waals surface area contributed by atoms with Crippen molar-refractivity contribution in [3.63, 3.8) is 0 Å². The summed E-state index contributed by atoms with van der Waals surface area (Å²) >= 11 is 0. The summed E-state index contributed by atoms with van der Waals surface area (Å²) in [7, 11) is 3.11. The summed E-state index contributed by atoms with van der Waals surface area (Å²) in [5.74, 6) is 0.387. The highest BCUT2D eigenvalue weighted by molar-refractivity contribution is 5.96. The third-order valence-electron chi connectivity index (χ3n) is 1.52. The molecule has 0 bridgehead atoms. The summed E-state index contributed by atoms with van der Waals surface area (Å²) in [6.07, 6.45) is 0. The lowest BCUT2D eigenvalue weighted by Crippen LogP contribution is -2.18. The van der Waals surface area contributed by atoms with Crippen LogP contribution in [0, 0.1) is 6.07 Å². The van der Waals surface area contributed by atoms with E-state index in [-0.39, 0.29) is 5.91 Å². The molecule has 1 rings (SSSR count). The molecule has 3 heteroatoms. The van der Waals surface area contributed by atoms with Crippen molar-refractivity contribution in [1.82, 2.24) is 5.32 Å². The maximum Gasteiger partial charge on any atom is 0.254 e. The van der Waals surface area contributed by atoms with Crippen LogP contribution in [0.15, 0.2) is 18.2 Å². The molecule has 0 fully saturated rings. The zero-order valence-corrected chi connectivity index (χ0v) is 7.05. The fourth-order valence-electron chi connectivity index (χ4n) is 0.906. The predicted molar refractivity (Wildman–Crippen MR) is 45.2 cm³/mol. The predicted octanol–water partition coefficient (Wildman–Crippen LogP) is 0.855. The van der Waals surface area contributed by atoms with Gasteiger partial charge in [0.2, 0.25) is 0 Å². The molecular weight excluding hydrogens is 154 g/mol. The Morgan fingerprint density at radius 3 is 3.00 bits per heavy atom. The number of nitrogens with one attached hydrogen (secondary N) is 1. The van der Waals surface area contributed by atoms with Crippen molar-refractivity contribution in [3.8, 4) is 5.75 Å². The third kappa shape index (κ3) is 1.56. The Morgan fingerprint density at radius 2 is 2.42 bits per heavy atom. The van der Waals surface area contributed by atoms with Gasteiger partial charge in [-0.05, 0) is 18.2 Å². The van der Waals surface area contributed by atoms with Gasteiger partial charge in [0.05, 0.1) is 12.7 Å². The fourth-order valence-corrected chi connectivity index (χ4v) is 0.906. The summed E-state index contributed by atoms with van der Waals surface area (Å²) in [6.45, 7) is 0. The van der Waals surface area contributed by atoms with Crippen molar-refractivity contribution in [3.05, 3.63) is 29.8 Å². The van der Waals surface area contributed by atoms with Gasteiger partial charge in [-0.3, -0.25) is 4.79 Å². The van der Waals surface area contributed by atoms with Crippen LogP contribution < -0.4 is 10.1 Å². The first-order valence-corrected chi connectivity index (χ1v) is 3.55. The maximum absolute atomic E-state index is 11.2. The molecule has 1 N–H and O–H groups in total. The SMILES string of the molecule is CNC(=O)c1cc[c]cc1OC. The van der Waals surface area contributed by atoms with E-state index < -0.39 is 0 Å². The Kier molecular flexibility index (Phi) is 2.69.